The molecule has 0 aromatic heterocycles. The average molecular weight is 361 g/mol. The highest BCUT2D eigenvalue weighted by Crippen LogP contribution is 2.35. The molecule has 0 aliphatic heterocycles. The van der Waals surface area contributed by atoms with Crippen LogP contribution in [-0.2, 0) is 19.7 Å². The van der Waals surface area contributed by atoms with Gasteiger partial charge in [-0.1, -0.05) is 89.6 Å². The number of carbonyl (C=O) groups is 2. The molecule has 1 aromatic carbocycles. The Labute approximate surface area is 159 Å². The smallest absolute Gasteiger partial charge is 0.310 e. The van der Waals surface area contributed by atoms with Gasteiger partial charge in [0.15, 0.2) is 0 Å². The van der Waals surface area contributed by atoms with Gasteiger partial charge in [0.1, 0.15) is 5.78 Å². The number of benzene rings is 1. The minimum absolute atomic E-state index is 0.0203. The quantitative estimate of drug-likeness (QED) is 0.327. The van der Waals surface area contributed by atoms with Crippen molar-refractivity contribution in [3.63, 3.8) is 0 Å². The molecule has 0 aliphatic carbocycles. The number of Topliss-reactive ketones (excluding diaryl/α,β-unsaturated/α-hetero) is 1. The Morgan fingerprint density at radius 2 is 1.54 bits per heavy atom. The molecule has 0 bridgehead atoms. The summed E-state index contributed by atoms with van der Waals surface area (Å²) in [6.07, 6.45) is 8.52. The van der Waals surface area contributed by atoms with E-state index in [4.69, 9.17) is 4.74 Å². The van der Waals surface area contributed by atoms with E-state index in [1.54, 1.807) is 0 Å². The second-order valence-electron chi connectivity index (χ2n) is 7.84. The zero-order valence-electron chi connectivity index (χ0n) is 17.1. The van der Waals surface area contributed by atoms with Crippen molar-refractivity contribution in [1.82, 2.24) is 0 Å². The van der Waals surface area contributed by atoms with E-state index in [-0.39, 0.29) is 18.2 Å². The number of hydrogen-bond donors (Lipinski definition) is 0. The van der Waals surface area contributed by atoms with Gasteiger partial charge in [0.2, 0.25) is 0 Å². The van der Waals surface area contributed by atoms with Crippen molar-refractivity contribution in [2.75, 3.05) is 6.61 Å². The Morgan fingerprint density at radius 1 is 0.962 bits per heavy atom. The highest BCUT2D eigenvalue weighted by molar-refractivity contribution is 5.84. The van der Waals surface area contributed by atoms with Gasteiger partial charge in [0.05, 0.1) is 12.5 Å². The van der Waals surface area contributed by atoms with Crippen molar-refractivity contribution < 1.29 is 14.3 Å². The van der Waals surface area contributed by atoms with Gasteiger partial charge in [-0.05, 0) is 18.9 Å². The molecule has 0 saturated heterocycles. The lowest BCUT2D eigenvalue weighted by atomic mass is 9.71. The molecule has 3 heteroatoms. The van der Waals surface area contributed by atoms with Gasteiger partial charge in [-0.2, -0.15) is 0 Å². The van der Waals surface area contributed by atoms with E-state index < -0.39 is 11.3 Å². The van der Waals surface area contributed by atoms with E-state index in [0.29, 0.717) is 6.61 Å². The number of ether oxygens (including phenoxy) is 1. The molecular weight excluding hydrogens is 324 g/mol. The number of unbranched alkanes of at least 4 members (excludes halogenated alkanes) is 6. The molecule has 0 spiro atoms. The van der Waals surface area contributed by atoms with Crippen LogP contribution in [0, 0.1) is 5.92 Å². The fourth-order valence-electron chi connectivity index (χ4n) is 3.32. The lowest BCUT2D eigenvalue weighted by Gasteiger charge is -2.33. The third-order valence-corrected chi connectivity index (χ3v) is 5.16. The summed E-state index contributed by atoms with van der Waals surface area (Å²) in [5.74, 6) is -0.682. The van der Waals surface area contributed by atoms with Crippen molar-refractivity contribution in [3.8, 4) is 0 Å². The van der Waals surface area contributed by atoms with E-state index in [1.807, 2.05) is 44.2 Å². The van der Waals surface area contributed by atoms with Crippen LogP contribution in [0.3, 0.4) is 0 Å². The fourth-order valence-corrected chi connectivity index (χ4v) is 3.32. The molecule has 3 nitrogen and oxygen atoms in total. The third-order valence-electron chi connectivity index (χ3n) is 5.16. The average Bonchev–Trinajstić information content (AvgIpc) is 2.62. The lowest BCUT2D eigenvalue weighted by Crippen LogP contribution is -2.37. The zero-order valence-corrected chi connectivity index (χ0v) is 17.1. The van der Waals surface area contributed by atoms with Gasteiger partial charge < -0.3 is 9.53 Å². The Balaban J connectivity index is 2.55. The Hall–Kier alpha value is -1.64. The first-order valence-corrected chi connectivity index (χ1v) is 10.1. The third kappa shape index (κ3) is 7.72. The van der Waals surface area contributed by atoms with Crippen LogP contribution < -0.4 is 0 Å². The molecule has 1 unspecified atom stereocenters. The van der Waals surface area contributed by atoms with Crippen LogP contribution in [0.25, 0.3) is 0 Å². The molecule has 0 amide bonds. The molecule has 0 heterocycles. The summed E-state index contributed by atoms with van der Waals surface area (Å²) in [6.45, 7) is 8.24. The summed E-state index contributed by atoms with van der Waals surface area (Å²) in [6, 6.07) is 9.91. The van der Waals surface area contributed by atoms with E-state index in [1.165, 1.54) is 39.0 Å². The SMILES string of the molecule is CCCCCCCCCOC(=O)C(CC(C)=O)C(C)(C)c1ccccc1. The van der Waals surface area contributed by atoms with Gasteiger partial charge in [0.25, 0.3) is 0 Å². The molecular formula is C23H36O3. The molecule has 1 aromatic rings. The first-order valence-electron chi connectivity index (χ1n) is 10.1. The molecule has 1 rings (SSSR count). The van der Waals surface area contributed by atoms with Crippen molar-refractivity contribution in [2.24, 2.45) is 5.92 Å². The van der Waals surface area contributed by atoms with Gasteiger partial charge in [0, 0.05) is 11.8 Å². The maximum Gasteiger partial charge on any atom is 0.310 e. The highest BCUT2D eigenvalue weighted by Gasteiger charge is 2.38. The van der Waals surface area contributed by atoms with E-state index >= 15 is 0 Å². The molecule has 26 heavy (non-hydrogen) atoms. The summed E-state index contributed by atoms with van der Waals surface area (Å²) in [5, 5.41) is 0. The number of ketones is 1. The normalized spacial score (nSPS) is 12.6. The molecule has 0 radical (unpaired) electrons. The second kappa shape index (κ2) is 11.9. The van der Waals surface area contributed by atoms with Gasteiger partial charge in [-0.3, -0.25) is 4.79 Å². The van der Waals surface area contributed by atoms with E-state index in [2.05, 4.69) is 6.92 Å². The van der Waals surface area contributed by atoms with Crippen LogP contribution in [-0.4, -0.2) is 18.4 Å². The maximum absolute atomic E-state index is 12.7. The predicted molar refractivity (Wildman–Crippen MR) is 107 cm³/mol. The zero-order chi connectivity index (χ0) is 19.4. The summed E-state index contributed by atoms with van der Waals surface area (Å²) >= 11 is 0. The molecule has 0 fully saturated rings. The highest BCUT2D eigenvalue weighted by atomic mass is 16.5. The summed E-state index contributed by atoms with van der Waals surface area (Å²) in [7, 11) is 0. The largest absolute Gasteiger partial charge is 0.465 e. The van der Waals surface area contributed by atoms with Crippen molar-refractivity contribution in [1.29, 1.82) is 0 Å². The predicted octanol–water partition coefficient (Wildman–Crippen LogP) is 5.85. The van der Waals surface area contributed by atoms with E-state index in [9.17, 15) is 9.59 Å². The first kappa shape index (κ1) is 22.4. The maximum atomic E-state index is 12.7. The molecule has 1 atom stereocenters. The fraction of sp³-hybridized carbons (Fsp3) is 0.652. The summed E-state index contributed by atoms with van der Waals surface area (Å²) < 4.78 is 5.55. The van der Waals surface area contributed by atoms with Gasteiger partial charge in [-0.15, -0.1) is 0 Å². The van der Waals surface area contributed by atoms with Gasteiger partial charge in [-0.25, -0.2) is 0 Å². The van der Waals surface area contributed by atoms with Crippen LogP contribution in [0.1, 0.15) is 84.6 Å². The standard InChI is InChI=1S/C23H36O3/c1-5-6-7-8-9-10-14-17-26-22(25)21(18-19(2)24)23(3,4)20-15-12-11-13-16-20/h11-13,15-16,21H,5-10,14,17-18H2,1-4H3. The molecule has 0 aliphatic rings. The topological polar surface area (TPSA) is 43.4 Å². The van der Waals surface area contributed by atoms with Crippen LogP contribution in [0.5, 0.6) is 0 Å². The Morgan fingerprint density at radius 3 is 2.12 bits per heavy atom. The first-order chi connectivity index (χ1) is 12.4. The monoisotopic (exact) mass is 360 g/mol. The lowest BCUT2D eigenvalue weighted by molar-refractivity contribution is -0.152. The van der Waals surface area contributed by atoms with E-state index in [0.717, 1.165) is 18.4 Å². The van der Waals surface area contributed by atoms with Crippen LogP contribution >= 0.6 is 0 Å². The molecule has 0 N–H and O–H groups in total. The Bertz CT molecular complexity index is 534. The number of carbonyl (C=O) groups excluding carboxylic acids is 2. The minimum Gasteiger partial charge on any atom is -0.465 e. The van der Waals surface area contributed by atoms with Crippen molar-refractivity contribution in [3.05, 3.63) is 35.9 Å². The minimum atomic E-state index is -0.452. The van der Waals surface area contributed by atoms with Crippen LogP contribution in [0.4, 0.5) is 0 Å². The Kier molecular flexibility index (Phi) is 10.2. The van der Waals surface area contributed by atoms with Crippen LogP contribution in [0.2, 0.25) is 0 Å². The number of esters is 1. The second-order valence-corrected chi connectivity index (χ2v) is 7.84. The van der Waals surface area contributed by atoms with Crippen LogP contribution in [0.15, 0.2) is 30.3 Å². The van der Waals surface area contributed by atoms with Crippen molar-refractivity contribution in [2.45, 2.75) is 84.5 Å². The van der Waals surface area contributed by atoms with Gasteiger partial charge >= 0.3 is 5.97 Å². The molecule has 0 saturated carbocycles. The van der Waals surface area contributed by atoms with Crippen molar-refractivity contribution >= 4 is 11.8 Å². The summed E-state index contributed by atoms with van der Waals surface area (Å²) in [5.41, 5.74) is 0.614. The number of hydrogen-bond acceptors (Lipinski definition) is 3. The number of rotatable bonds is 13. The summed E-state index contributed by atoms with van der Waals surface area (Å²) in [4.78, 5) is 24.4. The molecule has 146 valence electrons.